The third-order valence-electron chi connectivity index (χ3n) is 4.89. The predicted octanol–water partition coefficient (Wildman–Crippen LogP) is 0.975. The third kappa shape index (κ3) is 2.69. The van der Waals surface area contributed by atoms with Crippen molar-refractivity contribution in [3.63, 3.8) is 0 Å². The second-order valence-corrected chi connectivity index (χ2v) is 6.24. The molecule has 18 heavy (non-hydrogen) atoms. The van der Waals surface area contributed by atoms with E-state index in [4.69, 9.17) is 0 Å². The van der Waals surface area contributed by atoms with Crippen molar-refractivity contribution in [1.29, 1.82) is 0 Å². The first kappa shape index (κ1) is 13.8. The summed E-state index contributed by atoms with van der Waals surface area (Å²) in [5.74, 6) is 0.650. The van der Waals surface area contributed by atoms with Crippen LogP contribution in [0.15, 0.2) is 0 Å². The lowest BCUT2D eigenvalue weighted by atomic mass is 9.95. The molecule has 2 N–H and O–H groups in total. The molecular weight excluding hydrogens is 226 g/mol. The molecule has 4 heteroatoms. The number of carbonyl (C=O) groups excluding carboxylic acids is 1. The van der Waals surface area contributed by atoms with E-state index in [1.807, 2.05) is 0 Å². The van der Waals surface area contributed by atoms with Gasteiger partial charge in [0.2, 0.25) is 5.91 Å². The highest BCUT2D eigenvalue weighted by molar-refractivity contribution is 5.82. The van der Waals surface area contributed by atoms with Crippen LogP contribution in [0.25, 0.3) is 0 Å². The first-order valence-corrected chi connectivity index (χ1v) is 7.24. The van der Waals surface area contributed by atoms with Crippen LogP contribution >= 0.6 is 0 Å². The van der Waals surface area contributed by atoms with Gasteiger partial charge in [0, 0.05) is 12.1 Å². The maximum atomic E-state index is 12.2. The molecule has 2 fully saturated rings. The highest BCUT2D eigenvalue weighted by Crippen LogP contribution is 2.33. The minimum absolute atomic E-state index is 0.0191. The highest BCUT2D eigenvalue weighted by atomic mass is 16.2. The average molecular weight is 253 g/mol. The molecule has 4 nitrogen and oxygen atoms in total. The van der Waals surface area contributed by atoms with Gasteiger partial charge >= 0.3 is 0 Å². The molecule has 0 aromatic rings. The molecule has 104 valence electrons. The molecule has 2 rings (SSSR count). The van der Waals surface area contributed by atoms with Gasteiger partial charge in [-0.05, 0) is 45.8 Å². The van der Waals surface area contributed by atoms with Crippen molar-refractivity contribution in [3.8, 4) is 0 Å². The summed E-state index contributed by atoms with van der Waals surface area (Å²) in [5.41, 5.74) is 0.192. The number of hydrogen-bond acceptors (Lipinski definition) is 3. The van der Waals surface area contributed by atoms with E-state index in [9.17, 15) is 4.79 Å². The topological polar surface area (TPSA) is 44.4 Å². The number of nitrogens with zero attached hydrogens (tertiary/aromatic N) is 1. The van der Waals surface area contributed by atoms with Crippen molar-refractivity contribution in [2.24, 2.45) is 5.92 Å². The smallest absolute Gasteiger partial charge is 0.237 e. The van der Waals surface area contributed by atoms with Gasteiger partial charge in [-0.25, -0.2) is 0 Å². The molecule has 1 aliphatic carbocycles. The predicted molar refractivity (Wildman–Crippen MR) is 73.5 cm³/mol. The molecule has 1 saturated heterocycles. The highest BCUT2D eigenvalue weighted by Gasteiger charge is 2.37. The van der Waals surface area contributed by atoms with Crippen LogP contribution in [0.4, 0.5) is 0 Å². The molecule has 2 aliphatic rings. The zero-order valence-electron chi connectivity index (χ0n) is 12.0. The van der Waals surface area contributed by atoms with Gasteiger partial charge in [0.05, 0.1) is 6.04 Å². The largest absolute Gasteiger partial charge is 0.353 e. The fourth-order valence-electron chi connectivity index (χ4n) is 3.36. The third-order valence-corrected chi connectivity index (χ3v) is 4.89. The zero-order chi connectivity index (χ0) is 13.2. The SMILES string of the molecule is CC1CCNC1C(=O)NCC1(N(C)C)CCCC1. The number of rotatable bonds is 4. The summed E-state index contributed by atoms with van der Waals surface area (Å²) < 4.78 is 0. The van der Waals surface area contributed by atoms with E-state index in [-0.39, 0.29) is 17.5 Å². The van der Waals surface area contributed by atoms with Crippen LogP contribution in [0.3, 0.4) is 0 Å². The van der Waals surface area contributed by atoms with Gasteiger partial charge in [-0.15, -0.1) is 0 Å². The molecule has 2 unspecified atom stereocenters. The van der Waals surface area contributed by atoms with Crippen molar-refractivity contribution in [3.05, 3.63) is 0 Å². The second-order valence-electron chi connectivity index (χ2n) is 6.24. The maximum Gasteiger partial charge on any atom is 0.237 e. The molecule has 0 bridgehead atoms. The molecule has 0 aromatic heterocycles. The van der Waals surface area contributed by atoms with Crippen molar-refractivity contribution in [2.75, 3.05) is 27.2 Å². The number of amides is 1. The fraction of sp³-hybridized carbons (Fsp3) is 0.929. The normalized spacial score (nSPS) is 30.9. The van der Waals surface area contributed by atoms with Gasteiger partial charge in [-0.2, -0.15) is 0 Å². The van der Waals surface area contributed by atoms with Crippen molar-refractivity contribution >= 4 is 5.91 Å². The van der Waals surface area contributed by atoms with Crippen LogP contribution in [0.2, 0.25) is 0 Å². The Morgan fingerprint density at radius 3 is 2.56 bits per heavy atom. The molecule has 1 heterocycles. The first-order valence-electron chi connectivity index (χ1n) is 7.24. The van der Waals surface area contributed by atoms with Crippen LogP contribution in [-0.4, -0.2) is 49.6 Å². The number of nitrogens with one attached hydrogen (secondary N) is 2. The standard InChI is InChI=1S/C14H27N3O/c1-11-6-9-15-12(11)13(18)16-10-14(17(2)3)7-4-5-8-14/h11-12,15H,4-10H2,1-3H3,(H,16,18). The lowest BCUT2D eigenvalue weighted by Crippen LogP contribution is -2.54. The van der Waals surface area contributed by atoms with Gasteiger partial charge in [0.15, 0.2) is 0 Å². The first-order chi connectivity index (χ1) is 8.55. The van der Waals surface area contributed by atoms with E-state index < -0.39 is 0 Å². The molecule has 0 radical (unpaired) electrons. The lowest BCUT2D eigenvalue weighted by Gasteiger charge is -2.37. The minimum atomic E-state index is 0.0191. The molecule has 0 spiro atoms. The Balaban J connectivity index is 1.88. The summed E-state index contributed by atoms with van der Waals surface area (Å²) in [4.78, 5) is 14.5. The number of hydrogen-bond donors (Lipinski definition) is 2. The number of carbonyl (C=O) groups is 1. The van der Waals surface area contributed by atoms with E-state index in [0.29, 0.717) is 5.92 Å². The second kappa shape index (κ2) is 5.57. The maximum absolute atomic E-state index is 12.2. The van der Waals surface area contributed by atoms with Gasteiger partial charge in [0.25, 0.3) is 0 Å². The Labute approximate surface area is 110 Å². The summed E-state index contributed by atoms with van der Waals surface area (Å²) in [6, 6.07) is 0.0191. The molecule has 1 saturated carbocycles. The zero-order valence-corrected chi connectivity index (χ0v) is 12.0. The van der Waals surface area contributed by atoms with Crippen molar-refractivity contribution in [2.45, 2.75) is 50.6 Å². The Morgan fingerprint density at radius 1 is 1.39 bits per heavy atom. The summed E-state index contributed by atoms with van der Waals surface area (Å²) in [7, 11) is 4.27. The minimum Gasteiger partial charge on any atom is -0.353 e. The molecule has 1 aliphatic heterocycles. The summed E-state index contributed by atoms with van der Waals surface area (Å²) >= 11 is 0. The van der Waals surface area contributed by atoms with Crippen LogP contribution in [0.1, 0.15) is 39.0 Å². The van der Waals surface area contributed by atoms with Crippen molar-refractivity contribution < 1.29 is 4.79 Å². The summed E-state index contributed by atoms with van der Waals surface area (Å²) in [6.45, 7) is 3.92. The van der Waals surface area contributed by atoms with Gasteiger partial charge < -0.3 is 15.5 Å². The fourth-order valence-corrected chi connectivity index (χ4v) is 3.36. The molecular formula is C14H27N3O. The van der Waals surface area contributed by atoms with Crippen LogP contribution in [0.5, 0.6) is 0 Å². The lowest BCUT2D eigenvalue weighted by molar-refractivity contribution is -0.124. The van der Waals surface area contributed by atoms with Gasteiger partial charge in [-0.3, -0.25) is 4.79 Å². The van der Waals surface area contributed by atoms with Crippen molar-refractivity contribution in [1.82, 2.24) is 15.5 Å². The van der Waals surface area contributed by atoms with E-state index >= 15 is 0 Å². The number of likely N-dealkylation sites (N-methyl/N-ethyl adjacent to an activating group) is 1. The Kier molecular flexibility index (Phi) is 4.28. The van der Waals surface area contributed by atoms with E-state index in [1.54, 1.807) is 0 Å². The van der Waals surface area contributed by atoms with Crippen LogP contribution in [0, 0.1) is 5.92 Å². The Bertz CT molecular complexity index is 297. The molecule has 0 aromatic carbocycles. The van der Waals surface area contributed by atoms with Crippen LogP contribution in [-0.2, 0) is 4.79 Å². The monoisotopic (exact) mass is 253 g/mol. The summed E-state index contributed by atoms with van der Waals surface area (Å²) in [5, 5.41) is 6.47. The molecule has 1 amide bonds. The van der Waals surface area contributed by atoms with Gasteiger partial charge in [0.1, 0.15) is 0 Å². The summed E-state index contributed by atoms with van der Waals surface area (Å²) in [6.07, 6.45) is 6.08. The van der Waals surface area contributed by atoms with E-state index in [0.717, 1.165) is 19.5 Å². The molecule has 2 atom stereocenters. The van der Waals surface area contributed by atoms with E-state index in [1.165, 1.54) is 25.7 Å². The Hall–Kier alpha value is -0.610. The Morgan fingerprint density at radius 2 is 2.06 bits per heavy atom. The van der Waals surface area contributed by atoms with Gasteiger partial charge in [-0.1, -0.05) is 19.8 Å². The average Bonchev–Trinajstić information content (AvgIpc) is 2.95. The quantitative estimate of drug-likeness (QED) is 0.785. The van der Waals surface area contributed by atoms with Crippen LogP contribution < -0.4 is 10.6 Å². The van der Waals surface area contributed by atoms with E-state index in [2.05, 4.69) is 36.6 Å².